The maximum atomic E-state index is 9.01. The molecule has 0 unspecified atom stereocenters. The van der Waals surface area contributed by atoms with Gasteiger partial charge in [-0.1, -0.05) is 13.0 Å². The second kappa shape index (κ2) is 6.66. The molecule has 2 N–H and O–H groups in total. The van der Waals surface area contributed by atoms with E-state index in [2.05, 4.69) is 40.5 Å². The Morgan fingerprint density at radius 3 is 2.83 bits per heavy atom. The second-order valence-corrected chi connectivity index (χ2v) is 6.05. The minimum atomic E-state index is 0.333. The molecule has 3 rings (SSSR count). The van der Waals surface area contributed by atoms with Gasteiger partial charge in [-0.15, -0.1) is 0 Å². The number of nitriles is 1. The van der Waals surface area contributed by atoms with Gasteiger partial charge in [0.2, 0.25) is 5.95 Å². The topological polar surface area (TPSA) is 73.6 Å². The summed E-state index contributed by atoms with van der Waals surface area (Å²) < 4.78 is 0. The number of aromatic nitrogens is 2. The van der Waals surface area contributed by atoms with E-state index in [0.717, 1.165) is 23.6 Å². The van der Waals surface area contributed by atoms with Crippen molar-refractivity contribution in [3.05, 3.63) is 41.6 Å². The van der Waals surface area contributed by atoms with Gasteiger partial charge in [0.25, 0.3) is 0 Å². The molecule has 1 saturated carbocycles. The van der Waals surface area contributed by atoms with Crippen molar-refractivity contribution < 1.29 is 0 Å². The van der Waals surface area contributed by atoms with Crippen LogP contribution in [0.3, 0.4) is 0 Å². The van der Waals surface area contributed by atoms with Crippen LogP contribution in [-0.2, 0) is 0 Å². The molecular formula is C18H21N5. The Bertz CT molecular complexity index is 730. The number of rotatable bonds is 6. The molecule has 1 atom stereocenters. The number of benzene rings is 1. The van der Waals surface area contributed by atoms with Gasteiger partial charge in [-0.05, 0) is 44.4 Å². The monoisotopic (exact) mass is 307 g/mol. The average Bonchev–Trinajstić information content (AvgIpc) is 3.39. The fourth-order valence-electron chi connectivity index (χ4n) is 2.32. The van der Waals surface area contributed by atoms with Crippen LogP contribution in [-0.4, -0.2) is 16.0 Å². The highest BCUT2D eigenvalue weighted by atomic mass is 15.2. The molecule has 5 nitrogen and oxygen atoms in total. The van der Waals surface area contributed by atoms with Gasteiger partial charge in [0.15, 0.2) is 0 Å². The average molecular weight is 307 g/mol. The Hall–Kier alpha value is -2.61. The summed E-state index contributed by atoms with van der Waals surface area (Å²) >= 11 is 0. The molecule has 2 aromatic rings. The molecule has 1 heterocycles. The van der Waals surface area contributed by atoms with Crippen LogP contribution in [0, 0.1) is 11.3 Å². The lowest BCUT2D eigenvalue weighted by Gasteiger charge is -2.14. The molecule has 1 aromatic carbocycles. The summed E-state index contributed by atoms with van der Waals surface area (Å²) in [7, 11) is 0. The normalized spacial score (nSPS) is 14.8. The molecule has 1 aliphatic carbocycles. The number of anilines is 3. The Labute approximate surface area is 136 Å². The van der Waals surface area contributed by atoms with Crippen molar-refractivity contribution in [1.82, 2.24) is 9.97 Å². The minimum absolute atomic E-state index is 0.333. The molecule has 23 heavy (non-hydrogen) atoms. The Kier molecular flexibility index (Phi) is 4.42. The van der Waals surface area contributed by atoms with E-state index >= 15 is 0 Å². The van der Waals surface area contributed by atoms with Gasteiger partial charge in [-0.2, -0.15) is 10.2 Å². The maximum Gasteiger partial charge on any atom is 0.225 e. The molecule has 0 saturated heterocycles. The zero-order valence-electron chi connectivity index (χ0n) is 13.5. The van der Waals surface area contributed by atoms with E-state index in [4.69, 9.17) is 5.26 Å². The van der Waals surface area contributed by atoms with Gasteiger partial charge < -0.3 is 10.6 Å². The first kappa shape index (κ1) is 15.3. The van der Waals surface area contributed by atoms with E-state index in [1.165, 1.54) is 12.8 Å². The lowest BCUT2D eigenvalue weighted by molar-refractivity contribution is 0.750. The fourth-order valence-corrected chi connectivity index (χ4v) is 2.32. The number of nitrogens with one attached hydrogen (secondary N) is 2. The number of hydrogen-bond acceptors (Lipinski definition) is 5. The Balaban J connectivity index is 1.86. The number of nitrogens with zero attached hydrogens (tertiary/aromatic N) is 3. The molecule has 1 aliphatic rings. The van der Waals surface area contributed by atoms with Crippen molar-refractivity contribution in [3.8, 4) is 6.07 Å². The van der Waals surface area contributed by atoms with E-state index in [1.54, 1.807) is 6.07 Å². The zero-order chi connectivity index (χ0) is 16.2. The smallest absolute Gasteiger partial charge is 0.225 e. The lowest BCUT2D eigenvalue weighted by atomic mass is 10.2. The van der Waals surface area contributed by atoms with Crippen molar-refractivity contribution in [2.24, 2.45) is 0 Å². The summed E-state index contributed by atoms with van der Waals surface area (Å²) in [6.07, 6.45) is 3.41. The van der Waals surface area contributed by atoms with Crippen LogP contribution in [0.1, 0.15) is 50.3 Å². The molecule has 5 heteroatoms. The van der Waals surface area contributed by atoms with Crippen molar-refractivity contribution in [1.29, 1.82) is 5.26 Å². The summed E-state index contributed by atoms with van der Waals surface area (Å²) in [5.74, 6) is 1.99. The van der Waals surface area contributed by atoms with Gasteiger partial charge >= 0.3 is 0 Å². The zero-order valence-corrected chi connectivity index (χ0v) is 13.5. The third-order valence-corrected chi connectivity index (χ3v) is 3.99. The molecule has 0 aliphatic heterocycles. The van der Waals surface area contributed by atoms with Gasteiger partial charge in [-0.25, -0.2) is 4.98 Å². The van der Waals surface area contributed by atoms with Gasteiger partial charge in [-0.3, -0.25) is 0 Å². The first-order valence-electron chi connectivity index (χ1n) is 8.10. The summed E-state index contributed by atoms with van der Waals surface area (Å²) in [6, 6.07) is 11.9. The maximum absolute atomic E-state index is 9.01. The standard InChI is InChI=1S/C18H21N5/c1-3-12(2)20-18-22-16(14-7-8-14)10-17(23-18)21-15-6-4-5-13(9-15)11-19/h4-6,9-10,12,14H,3,7-8H2,1-2H3,(H2,20,21,22,23)/t12-/m1/s1. The van der Waals surface area contributed by atoms with Crippen LogP contribution in [0.5, 0.6) is 0 Å². The predicted molar refractivity (Wildman–Crippen MR) is 91.8 cm³/mol. The predicted octanol–water partition coefficient (Wildman–Crippen LogP) is 4.18. The summed E-state index contributed by atoms with van der Waals surface area (Å²) in [4.78, 5) is 9.21. The van der Waals surface area contributed by atoms with Crippen molar-refractivity contribution in [2.75, 3.05) is 10.6 Å². The highest BCUT2D eigenvalue weighted by Gasteiger charge is 2.26. The molecular weight excluding hydrogens is 286 g/mol. The van der Waals surface area contributed by atoms with Crippen molar-refractivity contribution in [2.45, 2.75) is 45.1 Å². The molecule has 1 fully saturated rings. The van der Waals surface area contributed by atoms with E-state index in [-0.39, 0.29) is 0 Å². The highest BCUT2D eigenvalue weighted by Crippen LogP contribution is 2.40. The van der Waals surface area contributed by atoms with Crippen LogP contribution in [0.15, 0.2) is 30.3 Å². The molecule has 0 amide bonds. The van der Waals surface area contributed by atoms with Crippen LogP contribution in [0.2, 0.25) is 0 Å². The lowest BCUT2D eigenvalue weighted by Crippen LogP contribution is -2.16. The molecule has 1 aromatic heterocycles. The number of hydrogen-bond donors (Lipinski definition) is 2. The first-order chi connectivity index (χ1) is 11.2. The SMILES string of the molecule is CC[C@@H](C)Nc1nc(Nc2cccc(C#N)c2)cc(C2CC2)n1. The van der Waals surface area contributed by atoms with Crippen molar-refractivity contribution in [3.63, 3.8) is 0 Å². The summed E-state index contributed by atoms with van der Waals surface area (Å²) in [5, 5.41) is 15.7. The van der Waals surface area contributed by atoms with Gasteiger partial charge in [0.1, 0.15) is 5.82 Å². The van der Waals surface area contributed by atoms with E-state index in [9.17, 15) is 0 Å². The highest BCUT2D eigenvalue weighted by molar-refractivity contribution is 5.60. The molecule has 0 bridgehead atoms. The largest absolute Gasteiger partial charge is 0.352 e. The van der Waals surface area contributed by atoms with E-state index in [1.807, 2.05) is 24.3 Å². The second-order valence-electron chi connectivity index (χ2n) is 6.05. The third kappa shape index (κ3) is 3.98. The fraction of sp³-hybridized carbons (Fsp3) is 0.389. The van der Waals surface area contributed by atoms with Gasteiger partial charge in [0, 0.05) is 23.7 Å². The molecule has 0 radical (unpaired) electrons. The van der Waals surface area contributed by atoms with E-state index in [0.29, 0.717) is 23.5 Å². The quantitative estimate of drug-likeness (QED) is 0.837. The van der Waals surface area contributed by atoms with Crippen LogP contribution in [0.4, 0.5) is 17.5 Å². The molecule has 118 valence electrons. The van der Waals surface area contributed by atoms with Gasteiger partial charge in [0.05, 0.1) is 17.3 Å². The van der Waals surface area contributed by atoms with Crippen LogP contribution < -0.4 is 10.6 Å². The minimum Gasteiger partial charge on any atom is -0.352 e. The first-order valence-corrected chi connectivity index (χ1v) is 8.10. The Morgan fingerprint density at radius 2 is 2.13 bits per heavy atom. The van der Waals surface area contributed by atoms with Crippen LogP contribution >= 0.6 is 0 Å². The van der Waals surface area contributed by atoms with E-state index < -0.39 is 0 Å². The summed E-state index contributed by atoms with van der Waals surface area (Å²) in [5.41, 5.74) is 2.58. The Morgan fingerprint density at radius 1 is 1.30 bits per heavy atom. The molecule has 0 spiro atoms. The van der Waals surface area contributed by atoms with Crippen LogP contribution in [0.25, 0.3) is 0 Å². The van der Waals surface area contributed by atoms with Crippen molar-refractivity contribution >= 4 is 17.5 Å². The third-order valence-electron chi connectivity index (χ3n) is 3.99. The summed E-state index contributed by atoms with van der Waals surface area (Å²) in [6.45, 7) is 4.26.